The van der Waals surface area contributed by atoms with Crippen LogP contribution >= 0.6 is 23.7 Å². The van der Waals surface area contributed by atoms with Crippen molar-refractivity contribution in [2.75, 3.05) is 58.4 Å². The lowest BCUT2D eigenvalue weighted by atomic mass is 10.0. The minimum absolute atomic E-state index is 0. The van der Waals surface area contributed by atoms with Gasteiger partial charge in [-0.15, -0.1) is 12.4 Å². The predicted molar refractivity (Wildman–Crippen MR) is 152 cm³/mol. The van der Waals surface area contributed by atoms with Gasteiger partial charge in [0.1, 0.15) is 13.2 Å². The number of sulfonamides is 1. The Balaban J connectivity index is 0.00000336. The highest BCUT2D eigenvalue weighted by Gasteiger charge is 2.29. The fourth-order valence-corrected chi connectivity index (χ4v) is 7.19. The zero-order valence-electron chi connectivity index (χ0n) is 21.8. The van der Waals surface area contributed by atoms with E-state index in [1.54, 1.807) is 21.3 Å². The molecule has 5 rings (SSSR count). The van der Waals surface area contributed by atoms with Crippen LogP contribution in [-0.4, -0.2) is 82.0 Å². The smallest absolute Gasteiger partial charge is 0.260 e. The summed E-state index contributed by atoms with van der Waals surface area (Å²) in [5, 5.41) is 0.572. The number of benzene rings is 2. The summed E-state index contributed by atoms with van der Waals surface area (Å²) in [6.45, 7) is 5.20. The van der Waals surface area contributed by atoms with Gasteiger partial charge in [-0.2, -0.15) is 4.31 Å². The van der Waals surface area contributed by atoms with Gasteiger partial charge in [0.15, 0.2) is 16.6 Å². The number of carbonyl (C=O) groups is 1. The fourth-order valence-electron chi connectivity index (χ4n) is 4.59. The number of nitrogens with zero attached hydrogens (tertiary/aromatic N) is 4. The van der Waals surface area contributed by atoms with E-state index in [0.717, 1.165) is 23.1 Å². The summed E-state index contributed by atoms with van der Waals surface area (Å²) in [6, 6.07) is 10.0. The van der Waals surface area contributed by atoms with Crippen LogP contribution in [0.4, 0.5) is 5.13 Å². The molecule has 2 aromatic carbocycles. The maximum Gasteiger partial charge on any atom is 0.260 e. The fraction of sp³-hybridized carbons (Fsp3) is 0.462. The van der Waals surface area contributed by atoms with Crippen LogP contribution in [0, 0.1) is 5.92 Å². The highest BCUT2D eigenvalue weighted by Crippen LogP contribution is 2.39. The first-order chi connectivity index (χ1) is 17.7. The van der Waals surface area contributed by atoms with Gasteiger partial charge in [0.25, 0.3) is 5.91 Å². The van der Waals surface area contributed by atoms with Crippen LogP contribution in [-0.2, 0) is 10.0 Å². The maximum absolute atomic E-state index is 13.7. The van der Waals surface area contributed by atoms with Crippen molar-refractivity contribution in [2.45, 2.75) is 24.7 Å². The Morgan fingerprint density at radius 1 is 1.11 bits per heavy atom. The summed E-state index contributed by atoms with van der Waals surface area (Å²) in [5.41, 5.74) is 1.15. The van der Waals surface area contributed by atoms with E-state index in [4.69, 9.17) is 14.5 Å². The molecule has 1 amide bonds. The number of ether oxygens (including phenoxy) is 2. The summed E-state index contributed by atoms with van der Waals surface area (Å²) in [5.74, 6) is 1.45. The lowest BCUT2D eigenvalue weighted by molar-refractivity contribution is 0.0985. The van der Waals surface area contributed by atoms with Gasteiger partial charge < -0.3 is 14.4 Å². The van der Waals surface area contributed by atoms with Gasteiger partial charge in [-0.1, -0.05) is 18.3 Å². The first-order valence-corrected chi connectivity index (χ1v) is 14.7. The van der Waals surface area contributed by atoms with Gasteiger partial charge in [-0.25, -0.2) is 13.4 Å². The van der Waals surface area contributed by atoms with Crippen LogP contribution in [0.25, 0.3) is 10.2 Å². The van der Waals surface area contributed by atoms with E-state index in [1.807, 2.05) is 31.1 Å². The molecule has 0 N–H and O–H groups in total. The largest absolute Gasteiger partial charge is 0.486 e. The molecule has 9 nitrogen and oxygen atoms in total. The number of thiazole rings is 1. The number of hydrogen-bond donors (Lipinski definition) is 0. The lowest BCUT2D eigenvalue weighted by Gasteiger charge is -2.30. The molecule has 1 atom stereocenters. The van der Waals surface area contributed by atoms with Gasteiger partial charge in [0, 0.05) is 43.9 Å². The van der Waals surface area contributed by atoms with Crippen LogP contribution in [0.1, 0.15) is 30.1 Å². The molecule has 1 fully saturated rings. The second-order valence-corrected chi connectivity index (χ2v) is 12.8. The Labute approximate surface area is 233 Å². The molecule has 1 saturated heterocycles. The van der Waals surface area contributed by atoms with Crippen LogP contribution in [0.3, 0.4) is 0 Å². The molecular weight excluding hydrogens is 548 g/mol. The van der Waals surface area contributed by atoms with Crippen molar-refractivity contribution in [3.05, 3.63) is 42.0 Å². The molecule has 2 aliphatic heterocycles. The molecule has 0 aliphatic carbocycles. The predicted octanol–water partition coefficient (Wildman–Crippen LogP) is 4.12. The summed E-state index contributed by atoms with van der Waals surface area (Å²) in [7, 11) is 0.309. The number of piperidine rings is 1. The van der Waals surface area contributed by atoms with E-state index in [-0.39, 0.29) is 23.2 Å². The van der Waals surface area contributed by atoms with Crippen molar-refractivity contribution in [2.24, 2.45) is 5.92 Å². The molecule has 0 bridgehead atoms. The van der Waals surface area contributed by atoms with Crippen molar-refractivity contribution < 1.29 is 22.7 Å². The molecule has 0 spiro atoms. The molecule has 12 heteroatoms. The van der Waals surface area contributed by atoms with Gasteiger partial charge in [-0.05, 0) is 57.1 Å². The first kappa shape index (κ1) is 28.6. The Hall–Kier alpha value is -2.44. The van der Waals surface area contributed by atoms with E-state index in [1.165, 1.54) is 23.5 Å². The Bertz CT molecular complexity index is 1350. The quantitative estimate of drug-likeness (QED) is 0.415. The summed E-state index contributed by atoms with van der Waals surface area (Å²) >= 11 is 1.42. The summed E-state index contributed by atoms with van der Waals surface area (Å²) in [6.07, 6.45) is 1.90. The summed E-state index contributed by atoms with van der Waals surface area (Å²) in [4.78, 5) is 22.3. The molecule has 3 heterocycles. The second-order valence-electron chi connectivity index (χ2n) is 9.85. The average molecular weight is 581 g/mol. The lowest BCUT2D eigenvalue weighted by Crippen LogP contribution is -2.39. The minimum Gasteiger partial charge on any atom is -0.486 e. The standard InChI is InChI=1S/C26H32N4O5S2.ClH/c1-18-5-4-10-29(17-18)37(32,33)20-8-6-19(7-9-20)25(31)30(12-11-28(2)3)26-27-21-15-22-23(16-24(21)36-26)35-14-13-34-22;/h6-9,15-16,18H,4-5,10-14,17H2,1-3H3;1H. The van der Waals surface area contributed by atoms with Crippen LogP contribution in [0.5, 0.6) is 11.5 Å². The third kappa shape index (κ3) is 5.91. The molecule has 1 unspecified atom stereocenters. The zero-order valence-corrected chi connectivity index (χ0v) is 24.2. The van der Waals surface area contributed by atoms with E-state index in [2.05, 4.69) is 6.92 Å². The van der Waals surface area contributed by atoms with Crippen molar-refractivity contribution in [1.82, 2.24) is 14.2 Å². The van der Waals surface area contributed by atoms with E-state index in [0.29, 0.717) is 67.5 Å². The number of anilines is 1. The Morgan fingerprint density at radius 2 is 1.79 bits per heavy atom. The third-order valence-corrected chi connectivity index (χ3v) is 9.57. The van der Waals surface area contributed by atoms with Gasteiger partial charge in [0.05, 0.1) is 15.1 Å². The molecular formula is C26H33ClN4O5S2. The Kier molecular flexibility index (Phi) is 8.83. The highest BCUT2D eigenvalue weighted by molar-refractivity contribution is 7.89. The number of amides is 1. The minimum atomic E-state index is -3.59. The molecule has 206 valence electrons. The van der Waals surface area contributed by atoms with Gasteiger partial charge in [0.2, 0.25) is 10.0 Å². The highest BCUT2D eigenvalue weighted by atomic mass is 35.5. The number of likely N-dealkylation sites (N-methyl/N-ethyl adjacent to an activating group) is 1. The molecule has 2 aliphatic rings. The first-order valence-electron chi connectivity index (χ1n) is 12.5. The van der Waals surface area contributed by atoms with Crippen molar-refractivity contribution in [3.8, 4) is 11.5 Å². The zero-order chi connectivity index (χ0) is 26.2. The number of fused-ring (bicyclic) bond motifs is 2. The summed E-state index contributed by atoms with van der Waals surface area (Å²) < 4.78 is 40.1. The SMILES string of the molecule is CC1CCCN(S(=O)(=O)c2ccc(C(=O)N(CCN(C)C)c3nc4cc5c(cc4s3)OCCO5)cc2)C1.Cl. The number of hydrogen-bond acceptors (Lipinski definition) is 8. The van der Waals surface area contributed by atoms with Crippen molar-refractivity contribution in [3.63, 3.8) is 0 Å². The van der Waals surface area contributed by atoms with Crippen molar-refractivity contribution >= 4 is 55.0 Å². The number of aromatic nitrogens is 1. The molecule has 0 radical (unpaired) electrons. The van der Waals surface area contributed by atoms with Crippen LogP contribution < -0.4 is 14.4 Å². The van der Waals surface area contributed by atoms with E-state index < -0.39 is 10.0 Å². The topological polar surface area (TPSA) is 92.3 Å². The molecule has 0 saturated carbocycles. The second kappa shape index (κ2) is 11.7. The van der Waals surface area contributed by atoms with Crippen LogP contribution in [0.2, 0.25) is 0 Å². The maximum atomic E-state index is 13.7. The van der Waals surface area contributed by atoms with Gasteiger partial charge in [-0.3, -0.25) is 9.69 Å². The molecule has 38 heavy (non-hydrogen) atoms. The monoisotopic (exact) mass is 580 g/mol. The number of carbonyl (C=O) groups excluding carboxylic acids is 1. The van der Waals surface area contributed by atoms with Gasteiger partial charge >= 0.3 is 0 Å². The molecule has 3 aromatic rings. The Morgan fingerprint density at radius 3 is 2.45 bits per heavy atom. The average Bonchev–Trinajstić information content (AvgIpc) is 3.29. The normalized spacial score (nSPS) is 17.8. The van der Waals surface area contributed by atoms with E-state index in [9.17, 15) is 13.2 Å². The molecule has 1 aromatic heterocycles. The van der Waals surface area contributed by atoms with Crippen molar-refractivity contribution in [1.29, 1.82) is 0 Å². The van der Waals surface area contributed by atoms with Crippen LogP contribution in [0.15, 0.2) is 41.3 Å². The van der Waals surface area contributed by atoms with E-state index >= 15 is 0 Å². The number of halogens is 1. The number of rotatable bonds is 7. The third-order valence-electron chi connectivity index (χ3n) is 6.65.